The summed E-state index contributed by atoms with van der Waals surface area (Å²) in [5.74, 6) is 1.30. The Bertz CT molecular complexity index is 1410. The van der Waals surface area contributed by atoms with E-state index in [-0.39, 0.29) is 11.7 Å². The second-order valence-corrected chi connectivity index (χ2v) is 10.7. The first-order chi connectivity index (χ1) is 18.5. The Morgan fingerprint density at radius 3 is 2.59 bits per heavy atom. The highest BCUT2D eigenvalue weighted by Gasteiger charge is 2.34. The van der Waals surface area contributed by atoms with Crippen LogP contribution in [0.25, 0.3) is 11.0 Å². The first kappa shape index (κ1) is 27.2. The molecule has 2 aliphatic heterocycles. The van der Waals surface area contributed by atoms with Crippen LogP contribution in [0.4, 0.5) is 24.8 Å². The smallest absolute Gasteiger partial charge is 0.396 e. The number of ether oxygens (including phenoxy) is 1. The zero-order valence-corrected chi connectivity index (χ0v) is 22.5. The highest BCUT2D eigenvalue weighted by Crippen LogP contribution is 2.33. The summed E-state index contributed by atoms with van der Waals surface area (Å²) in [6, 6.07) is 7.51. The molecular weight excluding hydrogens is 531 g/mol. The van der Waals surface area contributed by atoms with Crippen LogP contribution < -0.4 is 16.4 Å². The molecule has 0 saturated carbocycles. The van der Waals surface area contributed by atoms with E-state index in [2.05, 4.69) is 24.8 Å². The summed E-state index contributed by atoms with van der Waals surface area (Å²) in [5.41, 5.74) is 13.4. The van der Waals surface area contributed by atoms with Crippen molar-refractivity contribution in [3.63, 3.8) is 0 Å². The first-order valence-electron chi connectivity index (χ1n) is 12.5. The molecule has 10 nitrogen and oxygen atoms in total. The minimum atomic E-state index is -4.34. The van der Waals surface area contributed by atoms with E-state index < -0.39 is 12.6 Å². The molecule has 0 amide bonds. The molecule has 1 aromatic carbocycles. The van der Waals surface area contributed by atoms with Gasteiger partial charge in [-0.2, -0.15) is 13.2 Å². The Morgan fingerprint density at radius 2 is 1.90 bits per heavy atom. The van der Waals surface area contributed by atoms with Gasteiger partial charge in [0, 0.05) is 55.9 Å². The Hall–Kier alpha value is -3.36. The van der Waals surface area contributed by atoms with E-state index in [4.69, 9.17) is 21.2 Å². The molecule has 2 fully saturated rings. The summed E-state index contributed by atoms with van der Waals surface area (Å²) in [6.45, 7) is 6.69. The summed E-state index contributed by atoms with van der Waals surface area (Å²) in [7, 11) is 1.58. The molecule has 3 aromatic rings. The van der Waals surface area contributed by atoms with Crippen molar-refractivity contribution in [3.05, 3.63) is 41.9 Å². The predicted molar refractivity (Wildman–Crippen MR) is 144 cm³/mol. The number of amidine groups is 1. The van der Waals surface area contributed by atoms with E-state index in [9.17, 15) is 13.2 Å². The van der Waals surface area contributed by atoms with Gasteiger partial charge < -0.3 is 25.7 Å². The van der Waals surface area contributed by atoms with Crippen molar-refractivity contribution in [1.82, 2.24) is 24.4 Å². The van der Waals surface area contributed by atoms with Crippen molar-refractivity contribution < 1.29 is 17.9 Å². The standard InChI is InChI=1S/C25H30F3N9OS/c1-15(29)9-20(30)32-21-11-22(37-13-16(14-37)36-5-7-38-8-6-36)34-24(33-21)39-17-3-4-18-19(10-17)35(2)23(31-18)12-25(26,27)28/h3-4,9-11,16H,5-8,12-14,29H2,1-2H3,(H2,30,32,33,34). The number of benzene rings is 1. The predicted octanol–water partition coefficient (Wildman–Crippen LogP) is 2.99. The SMILES string of the molecule is CC(N)=CC(N)=Nc1cc(N2CC(N3CCOCC3)C2)nc(Sc2ccc3nc(CC(F)(F)F)n(C)c3c2)n1. The number of aryl methyl sites for hydroxylation is 1. The average molecular weight is 562 g/mol. The minimum Gasteiger partial charge on any atom is -0.402 e. The maximum Gasteiger partial charge on any atom is 0.396 e. The maximum absolute atomic E-state index is 13.0. The molecule has 0 radical (unpaired) electrons. The summed E-state index contributed by atoms with van der Waals surface area (Å²) in [4.78, 5) is 23.3. The number of aliphatic imine (C=N–C) groups is 1. The van der Waals surface area contributed by atoms with Crippen LogP contribution in [0.5, 0.6) is 0 Å². The van der Waals surface area contributed by atoms with E-state index in [1.54, 1.807) is 44.3 Å². The highest BCUT2D eigenvalue weighted by atomic mass is 32.2. The van der Waals surface area contributed by atoms with Gasteiger partial charge in [0.2, 0.25) is 0 Å². The van der Waals surface area contributed by atoms with Crippen LogP contribution in [0.2, 0.25) is 0 Å². The fourth-order valence-corrected chi connectivity index (χ4v) is 5.40. The lowest BCUT2D eigenvalue weighted by Gasteiger charge is -2.47. The van der Waals surface area contributed by atoms with Gasteiger partial charge in [-0.1, -0.05) is 0 Å². The summed E-state index contributed by atoms with van der Waals surface area (Å²) in [5, 5.41) is 0.444. The third-order valence-corrected chi connectivity index (χ3v) is 7.41. The van der Waals surface area contributed by atoms with Crippen molar-refractivity contribution in [2.45, 2.75) is 35.6 Å². The van der Waals surface area contributed by atoms with Crippen LogP contribution in [0.3, 0.4) is 0 Å². The van der Waals surface area contributed by atoms with Crippen LogP contribution in [0, 0.1) is 0 Å². The number of hydrogen-bond donors (Lipinski definition) is 2. The number of allylic oxidation sites excluding steroid dienone is 1. The van der Waals surface area contributed by atoms with Crippen molar-refractivity contribution >= 4 is 40.3 Å². The van der Waals surface area contributed by atoms with Crippen molar-refractivity contribution in [1.29, 1.82) is 0 Å². The third-order valence-electron chi connectivity index (χ3n) is 6.56. The molecule has 0 atom stereocenters. The van der Waals surface area contributed by atoms with Gasteiger partial charge in [0.25, 0.3) is 0 Å². The number of anilines is 1. The van der Waals surface area contributed by atoms with Gasteiger partial charge in [0.15, 0.2) is 11.0 Å². The third kappa shape index (κ3) is 6.62. The van der Waals surface area contributed by atoms with E-state index >= 15 is 0 Å². The molecule has 208 valence electrons. The van der Waals surface area contributed by atoms with E-state index in [0.717, 1.165) is 50.1 Å². The number of morpholine rings is 1. The number of rotatable bonds is 7. The van der Waals surface area contributed by atoms with Crippen molar-refractivity contribution in [2.75, 3.05) is 44.3 Å². The summed E-state index contributed by atoms with van der Waals surface area (Å²) in [6.07, 6.45) is -3.87. The quantitative estimate of drug-likeness (QED) is 0.255. The average Bonchev–Trinajstić information content (AvgIpc) is 3.11. The Morgan fingerprint density at radius 1 is 1.15 bits per heavy atom. The number of halogens is 3. The fourth-order valence-electron chi connectivity index (χ4n) is 4.61. The minimum absolute atomic E-state index is 0.0409. The molecule has 4 N–H and O–H groups in total. The first-order valence-corrected chi connectivity index (χ1v) is 13.3. The number of alkyl halides is 3. The molecule has 0 bridgehead atoms. The largest absolute Gasteiger partial charge is 0.402 e. The number of hydrogen-bond acceptors (Lipinski definition) is 9. The summed E-state index contributed by atoms with van der Waals surface area (Å²) < 4.78 is 45.8. The van der Waals surface area contributed by atoms with Crippen molar-refractivity contribution in [3.8, 4) is 0 Å². The number of aromatic nitrogens is 4. The molecule has 4 heterocycles. The molecule has 2 aromatic heterocycles. The van der Waals surface area contributed by atoms with Gasteiger partial charge >= 0.3 is 6.18 Å². The lowest BCUT2D eigenvalue weighted by molar-refractivity contribution is -0.128. The lowest BCUT2D eigenvalue weighted by atomic mass is 10.1. The van der Waals surface area contributed by atoms with Gasteiger partial charge in [-0.05, 0) is 43.0 Å². The number of nitrogens with zero attached hydrogens (tertiary/aromatic N) is 7. The molecule has 0 unspecified atom stereocenters. The zero-order chi connectivity index (χ0) is 27.7. The molecule has 2 saturated heterocycles. The molecule has 0 spiro atoms. The van der Waals surface area contributed by atoms with E-state index in [1.165, 1.54) is 16.3 Å². The van der Waals surface area contributed by atoms with Crippen LogP contribution in [-0.4, -0.2) is 81.9 Å². The molecule has 39 heavy (non-hydrogen) atoms. The second-order valence-electron chi connectivity index (χ2n) is 9.63. The molecule has 14 heteroatoms. The van der Waals surface area contributed by atoms with Crippen LogP contribution in [0.15, 0.2) is 51.1 Å². The van der Waals surface area contributed by atoms with E-state index in [1.807, 2.05) is 0 Å². The molecule has 2 aliphatic rings. The van der Waals surface area contributed by atoms with Gasteiger partial charge in [-0.25, -0.2) is 19.9 Å². The Kier molecular flexibility index (Phi) is 7.69. The van der Waals surface area contributed by atoms with Gasteiger partial charge in [-0.3, -0.25) is 4.90 Å². The highest BCUT2D eigenvalue weighted by molar-refractivity contribution is 7.99. The van der Waals surface area contributed by atoms with Crippen molar-refractivity contribution in [2.24, 2.45) is 23.5 Å². The van der Waals surface area contributed by atoms with Gasteiger partial charge in [0.05, 0.1) is 24.2 Å². The number of fused-ring (bicyclic) bond motifs is 1. The monoisotopic (exact) mass is 561 g/mol. The second kappa shape index (κ2) is 11.0. The Labute approximate surface area is 227 Å². The van der Waals surface area contributed by atoms with Crippen LogP contribution in [0.1, 0.15) is 12.7 Å². The number of nitrogens with two attached hydrogens (primary N) is 2. The normalized spacial score (nSPS) is 18.1. The topological polar surface area (TPSA) is 124 Å². The maximum atomic E-state index is 13.0. The molecule has 0 aliphatic carbocycles. The van der Waals surface area contributed by atoms with Gasteiger partial charge in [0.1, 0.15) is 23.9 Å². The Balaban J connectivity index is 1.41. The van der Waals surface area contributed by atoms with Crippen LogP contribution >= 0.6 is 11.8 Å². The molecule has 5 rings (SSSR count). The summed E-state index contributed by atoms with van der Waals surface area (Å²) >= 11 is 1.29. The molecular formula is C25H30F3N9OS. The fraction of sp³-hybridized carbons (Fsp3) is 0.440. The lowest BCUT2D eigenvalue weighted by Crippen LogP contribution is -2.61. The zero-order valence-electron chi connectivity index (χ0n) is 21.6. The van der Waals surface area contributed by atoms with Crippen LogP contribution in [-0.2, 0) is 18.2 Å². The number of imidazole rings is 1. The van der Waals surface area contributed by atoms with Gasteiger partial charge in [-0.15, -0.1) is 0 Å². The van der Waals surface area contributed by atoms with E-state index in [0.29, 0.717) is 33.7 Å².